The summed E-state index contributed by atoms with van der Waals surface area (Å²) in [7, 11) is 8.34. The van der Waals surface area contributed by atoms with Crippen molar-refractivity contribution in [3.8, 4) is 22.5 Å². The number of aryl methyl sites for hydroxylation is 2. The van der Waals surface area contributed by atoms with E-state index in [1.165, 1.54) is 0 Å². The molecule has 0 aliphatic carbocycles. The lowest BCUT2D eigenvalue weighted by Gasteiger charge is -2.20. The van der Waals surface area contributed by atoms with Gasteiger partial charge >= 0.3 is 0 Å². The van der Waals surface area contributed by atoms with E-state index in [2.05, 4.69) is 157 Å². The average molecular weight is 661 g/mol. The molecule has 6 nitrogen and oxygen atoms in total. The summed E-state index contributed by atoms with van der Waals surface area (Å²) in [5, 5.41) is 0.722. The normalized spacial score (nSPS) is 11.6. The van der Waals surface area contributed by atoms with Crippen LogP contribution in [0.5, 0.6) is 0 Å². The van der Waals surface area contributed by atoms with Gasteiger partial charge in [0, 0.05) is 88.0 Å². The zero-order valence-electron chi connectivity index (χ0n) is 28.5. The molecule has 0 fully saturated rings. The number of halogens is 1. The summed E-state index contributed by atoms with van der Waals surface area (Å²) in [6, 6.07) is 40.6. The summed E-state index contributed by atoms with van der Waals surface area (Å²) in [4.78, 5) is 14.8. The molecule has 8 aromatic rings. The van der Waals surface area contributed by atoms with Gasteiger partial charge in [-0.1, -0.05) is 48.0 Å². The molecule has 2 aromatic heterocycles. The molecule has 0 aliphatic rings. The van der Waals surface area contributed by atoms with Crippen LogP contribution in [0.15, 0.2) is 115 Å². The summed E-state index contributed by atoms with van der Waals surface area (Å²) in [6.07, 6.45) is 0. The van der Waals surface area contributed by atoms with Gasteiger partial charge in [0.1, 0.15) is 22.1 Å². The maximum atomic E-state index is 6.71. The predicted octanol–water partition coefficient (Wildman–Crippen LogP) is 8.71. The third-order valence-corrected chi connectivity index (χ3v) is 9.80. The number of nitrogens with zero attached hydrogens (tertiary/aromatic N) is 6. The first-order valence-electron chi connectivity index (χ1n) is 16.4. The van der Waals surface area contributed by atoms with E-state index in [4.69, 9.17) is 21.6 Å². The van der Waals surface area contributed by atoms with Crippen LogP contribution in [0.25, 0.3) is 66.6 Å². The van der Waals surface area contributed by atoms with E-state index in [1.807, 2.05) is 19.1 Å². The van der Waals surface area contributed by atoms with Crippen molar-refractivity contribution in [2.24, 2.45) is 0 Å². The smallest absolute Gasteiger partial charge is 0.239 e. The highest BCUT2D eigenvalue weighted by molar-refractivity contribution is 6.32. The van der Waals surface area contributed by atoms with Gasteiger partial charge in [0.25, 0.3) is 0 Å². The number of hydrogen-bond donors (Lipinski definition) is 0. The van der Waals surface area contributed by atoms with E-state index in [0.29, 0.717) is 0 Å². The second kappa shape index (κ2) is 11.8. The van der Waals surface area contributed by atoms with Crippen LogP contribution >= 0.6 is 11.6 Å². The minimum absolute atomic E-state index is 0.722. The summed E-state index contributed by atoms with van der Waals surface area (Å²) < 4.78 is 4.61. The minimum atomic E-state index is 0.722. The third-order valence-electron chi connectivity index (χ3n) is 9.39. The number of rotatable bonds is 5. The molecule has 49 heavy (non-hydrogen) atoms. The Morgan fingerprint density at radius 2 is 1.02 bits per heavy atom. The Balaban J connectivity index is 1.47. The Hall–Kier alpha value is -5.59. The molecule has 7 heteroatoms. The number of benzene rings is 6. The van der Waals surface area contributed by atoms with Crippen LogP contribution in [0.1, 0.15) is 11.1 Å². The van der Waals surface area contributed by atoms with Gasteiger partial charge in [-0.05, 0) is 60.9 Å². The summed E-state index contributed by atoms with van der Waals surface area (Å²) in [5.74, 6) is 0. The molecule has 2 heterocycles. The first-order chi connectivity index (χ1) is 23.7. The maximum absolute atomic E-state index is 6.71. The molecule has 0 N–H and O–H groups in total. The van der Waals surface area contributed by atoms with Gasteiger partial charge in [0.2, 0.25) is 33.4 Å². The molecule has 0 unspecified atom stereocenters. The molecule has 0 saturated heterocycles. The second-order valence-electron chi connectivity index (χ2n) is 13.1. The topological polar surface area (TPSA) is 40.0 Å². The number of anilines is 2. The molecule has 8 rings (SSSR count). The third kappa shape index (κ3) is 5.20. The van der Waals surface area contributed by atoms with Crippen molar-refractivity contribution in [3.05, 3.63) is 131 Å². The molecule has 0 bridgehead atoms. The number of hydrogen-bond acceptors (Lipinski definition) is 4. The summed E-state index contributed by atoms with van der Waals surface area (Å²) >= 11 is 6.71. The van der Waals surface area contributed by atoms with Crippen LogP contribution in [0.2, 0.25) is 5.02 Å². The second-order valence-corrected chi connectivity index (χ2v) is 13.5. The largest absolute Gasteiger partial charge is 0.377 e. The van der Waals surface area contributed by atoms with Crippen LogP contribution in [0, 0.1) is 13.8 Å². The molecule has 0 atom stereocenters. The molecule has 240 valence electrons. The molecule has 0 amide bonds. The molecular formula is C42H37ClN6+2. The van der Waals surface area contributed by atoms with Crippen molar-refractivity contribution in [2.75, 3.05) is 38.0 Å². The highest BCUT2D eigenvalue weighted by Gasteiger charge is 2.26. The molecule has 0 radical (unpaired) electrons. The fourth-order valence-electron chi connectivity index (χ4n) is 6.88. The number of aromatic nitrogens is 4. The zero-order valence-corrected chi connectivity index (χ0v) is 29.3. The lowest BCUT2D eigenvalue weighted by Crippen LogP contribution is -2.34. The highest BCUT2D eigenvalue weighted by atomic mass is 35.5. The first kappa shape index (κ1) is 30.7. The predicted molar refractivity (Wildman–Crippen MR) is 204 cm³/mol. The fraction of sp³-hybridized carbons (Fsp3) is 0.143. The summed E-state index contributed by atoms with van der Waals surface area (Å²) in [5.41, 5.74) is 16.5. The van der Waals surface area contributed by atoms with E-state index in [1.54, 1.807) is 0 Å². The van der Waals surface area contributed by atoms with Crippen LogP contribution in [0.3, 0.4) is 0 Å². The fourth-order valence-corrected chi connectivity index (χ4v) is 7.04. The summed E-state index contributed by atoms with van der Waals surface area (Å²) in [6.45, 7) is 4.20. The van der Waals surface area contributed by atoms with E-state index in [9.17, 15) is 0 Å². The minimum Gasteiger partial charge on any atom is -0.377 e. The van der Waals surface area contributed by atoms with Gasteiger partial charge in [-0.2, -0.15) is 0 Å². The van der Waals surface area contributed by atoms with E-state index >= 15 is 0 Å². The SMILES string of the molecule is Cc1cc2nc3cc(-c4cc5c(cc4C)nc4ccc(N(C)C)cc4[n+]5-c4ccccc4)c(N(C)C)cc3[n+](-c3ccccc3)c2cc1Cl. The Labute approximate surface area is 291 Å². The molecule has 0 saturated carbocycles. The Bertz CT molecular complexity index is 2580. The quantitative estimate of drug-likeness (QED) is 0.137. The first-order valence-corrected chi connectivity index (χ1v) is 16.8. The lowest BCUT2D eigenvalue weighted by molar-refractivity contribution is -0.538. The van der Waals surface area contributed by atoms with Gasteiger partial charge in [-0.15, -0.1) is 9.13 Å². The lowest BCUT2D eigenvalue weighted by atomic mass is 9.96. The molecule has 6 aromatic carbocycles. The highest BCUT2D eigenvalue weighted by Crippen LogP contribution is 2.38. The van der Waals surface area contributed by atoms with Gasteiger partial charge in [-0.3, -0.25) is 0 Å². The van der Waals surface area contributed by atoms with Gasteiger partial charge < -0.3 is 9.80 Å². The van der Waals surface area contributed by atoms with E-state index in [-0.39, 0.29) is 0 Å². The van der Waals surface area contributed by atoms with Crippen molar-refractivity contribution < 1.29 is 9.13 Å². The Morgan fingerprint density at radius 1 is 0.490 bits per heavy atom. The molecular weight excluding hydrogens is 624 g/mol. The van der Waals surface area contributed by atoms with Gasteiger partial charge in [0.15, 0.2) is 0 Å². The van der Waals surface area contributed by atoms with Crippen LogP contribution in [-0.4, -0.2) is 38.2 Å². The average Bonchev–Trinajstić information content (AvgIpc) is 3.10. The standard InChI is InChI=1S/C42H37ClN6/c1-26-19-35-40(48(28-13-9-7-10-14-28)39-21-30(46(3)4)17-18-34(39)44-35)23-31(26)32-22-37-42(25-38(32)47(5)6)49(29-15-11-8-12-16-29)41-24-33(43)27(2)20-36(41)45-37/h7-25H,1-6H3/q+2. The molecule has 0 aliphatic heterocycles. The van der Waals surface area contributed by atoms with Gasteiger partial charge in [0.05, 0.1) is 10.7 Å². The van der Waals surface area contributed by atoms with Crippen LogP contribution < -0.4 is 18.9 Å². The monoisotopic (exact) mass is 660 g/mol. The van der Waals surface area contributed by atoms with E-state index in [0.717, 1.165) is 94.2 Å². The Morgan fingerprint density at radius 3 is 1.63 bits per heavy atom. The van der Waals surface area contributed by atoms with Crippen molar-refractivity contribution in [1.29, 1.82) is 0 Å². The van der Waals surface area contributed by atoms with Crippen molar-refractivity contribution in [1.82, 2.24) is 9.97 Å². The Kier molecular flexibility index (Phi) is 7.42. The zero-order chi connectivity index (χ0) is 34.0. The van der Waals surface area contributed by atoms with E-state index < -0.39 is 0 Å². The number of para-hydroxylation sites is 2. The number of fused-ring (bicyclic) bond motifs is 4. The van der Waals surface area contributed by atoms with Gasteiger partial charge in [-0.25, -0.2) is 9.97 Å². The van der Waals surface area contributed by atoms with Crippen LogP contribution in [-0.2, 0) is 0 Å². The molecule has 0 spiro atoms. The maximum Gasteiger partial charge on any atom is 0.239 e. The van der Waals surface area contributed by atoms with Crippen LogP contribution in [0.4, 0.5) is 11.4 Å². The van der Waals surface area contributed by atoms with Crippen molar-refractivity contribution in [2.45, 2.75) is 13.8 Å². The van der Waals surface area contributed by atoms with Crippen molar-refractivity contribution >= 4 is 67.1 Å². The van der Waals surface area contributed by atoms with Crippen molar-refractivity contribution in [3.63, 3.8) is 0 Å².